The molecule has 1 rings (SSSR count). The van der Waals surface area contributed by atoms with Crippen LogP contribution in [-0.4, -0.2) is 44.7 Å². The Kier molecular flexibility index (Phi) is 4.73. The minimum atomic E-state index is -3.39. The third-order valence-corrected chi connectivity index (χ3v) is 3.60. The van der Waals surface area contributed by atoms with E-state index in [1.54, 1.807) is 17.2 Å². The predicted octanol–water partition coefficient (Wildman–Crippen LogP) is 1.35. The van der Waals surface area contributed by atoms with Crippen LogP contribution >= 0.6 is 11.6 Å². The van der Waals surface area contributed by atoms with E-state index in [4.69, 9.17) is 11.6 Å². The van der Waals surface area contributed by atoms with E-state index in [0.717, 1.165) is 5.56 Å². The van der Waals surface area contributed by atoms with Gasteiger partial charge in [-0.15, -0.1) is 0 Å². The van der Waals surface area contributed by atoms with Gasteiger partial charge in [0.2, 0.25) is 10.0 Å². The van der Waals surface area contributed by atoms with E-state index in [1.807, 2.05) is 21.0 Å². The Morgan fingerprint density at radius 2 is 2.12 bits per heavy atom. The molecule has 0 fully saturated rings. The molecule has 5 nitrogen and oxygen atoms in total. The molecule has 1 aromatic heterocycles. The summed E-state index contributed by atoms with van der Waals surface area (Å²) in [5.74, 6) is 0.0181. The predicted molar refractivity (Wildman–Crippen MR) is 69.9 cm³/mol. The van der Waals surface area contributed by atoms with Gasteiger partial charge in [0.15, 0.2) is 5.15 Å². The lowest BCUT2D eigenvalue weighted by molar-refractivity contribution is 0.432. The molecule has 0 unspecified atom stereocenters. The zero-order valence-electron chi connectivity index (χ0n) is 10.1. The normalized spacial score (nSPS) is 11.8. The maximum atomic E-state index is 11.7. The van der Waals surface area contributed by atoms with Crippen molar-refractivity contribution in [1.29, 1.82) is 0 Å². The SMILES string of the molecule is Cc1cnc(Cl)c(NS(=O)(=O)CCN(C)C)c1. The fourth-order valence-corrected chi connectivity index (χ4v) is 2.55. The van der Waals surface area contributed by atoms with Gasteiger partial charge in [-0.3, -0.25) is 4.72 Å². The van der Waals surface area contributed by atoms with Crippen LogP contribution in [0, 0.1) is 6.92 Å². The molecule has 0 saturated heterocycles. The number of nitrogens with zero attached hydrogens (tertiary/aromatic N) is 2. The van der Waals surface area contributed by atoms with Crippen LogP contribution in [0.4, 0.5) is 5.69 Å². The van der Waals surface area contributed by atoms with Crippen LogP contribution in [0.25, 0.3) is 0 Å². The van der Waals surface area contributed by atoms with Crippen molar-refractivity contribution in [3.05, 3.63) is 23.0 Å². The highest BCUT2D eigenvalue weighted by Gasteiger charge is 2.13. The number of aromatic nitrogens is 1. The summed E-state index contributed by atoms with van der Waals surface area (Å²) in [6.07, 6.45) is 1.58. The molecule has 0 spiro atoms. The maximum Gasteiger partial charge on any atom is 0.234 e. The van der Waals surface area contributed by atoms with Crippen LogP contribution < -0.4 is 4.72 Å². The fraction of sp³-hybridized carbons (Fsp3) is 0.500. The molecule has 0 radical (unpaired) electrons. The van der Waals surface area contributed by atoms with Gasteiger partial charge in [0.05, 0.1) is 11.4 Å². The van der Waals surface area contributed by atoms with E-state index < -0.39 is 10.0 Å². The maximum absolute atomic E-state index is 11.7. The molecule has 0 saturated carbocycles. The molecule has 0 amide bonds. The van der Waals surface area contributed by atoms with Crippen molar-refractivity contribution in [2.75, 3.05) is 31.1 Å². The zero-order chi connectivity index (χ0) is 13.1. The van der Waals surface area contributed by atoms with Gasteiger partial charge < -0.3 is 4.90 Å². The van der Waals surface area contributed by atoms with Gasteiger partial charge in [-0.1, -0.05) is 11.6 Å². The minimum absolute atomic E-state index is 0.0181. The summed E-state index contributed by atoms with van der Waals surface area (Å²) >= 11 is 5.82. The molecule has 0 aliphatic carbocycles. The summed E-state index contributed by atoms with van der Waals surface area (Å²) in [5, 5.41) is 0.157. The fourth-order valence-electron chi connectivity index (χ4n) is 1.15. The highest BCUT2D eigenvalue weighted by atomic mass is 35.5. The lowest BCUT2D eigenvalue weighted by atomic mass is 10.3. The Morgan fingerprint density at radius 1 is 1.47 bits per heavy atom. The number of hydrogen-bond acceptors (Lipinski definition) is 4. The average Bonchev–Trinajstić information content (AvgIpc) is 2.20. The van der Waals surface area contributed by atoms with Crippen molar-refractivity contribution in [3.8, 4) is 0 Å². The number of nitrogens with one attached hydrogen (secondary N) is 1. The van der Waals surface area contributed by atoms with Crippen LogP contribution in [0.1, 0.15) is 5.56 Å². The summed E-state index contributed by atoms with van der Waals surface area (Å²) in [6.45, 7) is 2.27. The summed E-state index contributed by atoms with van der Waals surface area (Å²) < 4.78 is 25.9. The summed E-state index contributed by atoms with van der Waals surface area (Å²) in [6, 6.07) is 1.66. The van der Waals surface area contributed by atoms with Crippen LogP contribution in [0.2, 0.25) is 5.15 Å². The number of pyridine rings is 1. The summed E-state index contributed by atoms with van der Waals surface area (Å²) in [7, 11) is 0.247. The van der Waals surface area contributed by atoms with E-state index in [1.165, 1.54) is 0 Å². The largest absolute Gasteiger partial charge is 0.308 e. The van der Waals surface area contributed by atoms with Crippen LogP contribution in [0.5, 0.6) is 0 Å². The first kappa shape index (κ1) is 14.2. The molecule has 1 aromatic rings. The van der Waals surface area contributed by atoms with E-state index in [2.05, 4.69) is 9.71 Å². The lowest BCUT2D eigenvalue weighted by Gasteiger charge is -2.12. The molecule has 0 aliphatic rings. The van der Waals surface area contributed by atoms with Crippen LogP contribution in [0.15, 0.2) is 12.3 Å². The minimum Gasteiger partial charge on any atom is -0.308 e. The second kappa shape index (κ2) is 5.66. The van der Waals surface area contributed by atoms with Gasteiger partial charge in [-0.25, -0.2) is 13.4 Å². The highest BCUT2D eigenvalue weighted by molar-refractivity contribution is 7.92. The monoisotopic (exact) mass is 277 g/mol. The Hall–Kier alpha value is -0.850. The highest BCUT2D eigenvalue weighted by Crippen LogP contribution is 2.20. The molecule has 1 N–H and O–H groups in total. The standard InChI is InChI=1S/C10H16ClN3O2S/c1-8-6-9(10(11)12-7-8)13-17(15,16)5-4-14(2)3/h6-7,13H,4-5H2,1-3H3. The van der Waals surface area contributed by atoms with E-state index in [0.29, 0.717) is 12.2 Å². The molecule has 1 heterocycles. The van der Waals surface area contributed by atoms with Gasteiger partial charge in [0, 0.05) is 12.7 Å². The van der Waals surface area contributed by atoms with Crippen LogP contribution in [-0.2, 0) is 10.0 Å². The Bertz CT molecular complexity index is 488. The van der Waals surface area contributed by atoms with Gasteiger partial charge >= 0.3 is 0 Å². The molecule has 0 atom stereocenters. The van der Waals surface area contributed by atoms with Crippen LogP contribution in [0.3, 0.4) is 0 Å². The van der Waals surface area contributed by atoms with E-state index in [-0.39, 0.29) is 10.9 Å². The van der Waals surface area contributed by atoms with Gasteiger partial charge in [0.25, 0.3) is 0 Å². The van der Waals surface area contributed by atoms with Crippen molar-refractivity contribution in [2.24, 2.45) is 0 Å². The Balaban J connectivity index is 2.79. The second-order valence-corrected chi connectivity index (χ2v) is 6.28. The Labute approximate surface area is 107 Å². The first-order chi connectivity index (χ1) is 7.80. The topological polar surface area (TPSA) is 62.3 Å². The first-order valence-corrected chi connectivity index (χ1v) is 7.10. The summed E-state index contributed by atoms with van der Waals surface area (Å²) in [4.78, 5) is 5.69. The lowest BCUT2D eigenvalue weighted by Crippen LogP contribution is -2.26. The third-order valence-electron chi connectivity index (χ3n) is 2.05. The molecule has 17 heavy (non-hydrogen) atoms. The molecule has 0 aromatic carbocycles. The summed E-state index contributed by atoms with van der Waals surface area (Å²) in [5.41, 5.74) is 1.17. The molecular formula is C10H16ClN3O2S. The third kappa shape index (κ3) is 4.89. The number of hydrogen-bond donors (Lipinski definition) is 1. The number of aryl methyl sites for hydroxylation is 1. The molecule has 96 valence electrons. The smallest absolute Gasteiger partial charge is 0.234 e. The van der Waals surface area contributed by atoms with E-state index >= 15 is 0 Å². The second-order valence-electron chi connectivity index (χ2n) is 4.08. The molecule has 7 heteroatoms. The zero-order valence-corrected chi connectivity index (χ0v) is 11.6. The average molecular weight is 278 g/mol. The number of halogens is 1. The van der Waals surface area contributed by atoms with Crippen molar-refractivity contribution in [1.82, 2.24) is 9.88 Å². The number of rotatable bonds is 5. The Morgan fingerprint density at radius 3 is 2.71 bits per heavy atom. The quantitative estimate of drug-likeness (QED) is 0.825. The van der Waals surface area contributed by atoms with Crippen molar-refractivity contribution >= 4 is 27.3 Å². The molecular weight excluding hydrogens is 262 g/mol. The molecule has 0 bridgehead atoms. The van der Waals surface area contributed by atoms with Gasteiger partial charge in [-0.2, -0.15) is 0 Å². The number of anilines is 1. The van der Waals surface area contributed by atoms with Gasteiger partial charge in [-0.05, 0) is 32.6 Å². The first-order valence-electron chi connectivity index (χ1n) is 5.07. The number of sulfonamides is 1. The van der Waals surface area contributed by atoms with E-state index in [9.17, 15) is 8.42 Å². The van der Waals surface area contributed by atoms with Crippen molar-refractivity contribution in [2.45, 2.75) is 6.92 Å². The van der Waals surface area contributed by atoms with Gasteiger partial charge in [0.1, 0.15) is 0 Å². The van der Waals surface area contributed by atoms with Crippen molar-refractivity contribution < 1.29 is 8.42 Å². The van der Waals surface area contributed by atoms with Crippen molar-refractivity contribution in [3.63, 3.8) is 0 Å². The molecule has 0 aliphatic heterocycles.